The summed E-state index contributed by atoms with van der Waals surface area (Å²) in [6.07, 6.45) is 0.194. The number of nitrogens with two attached hydrogens (primary N) is 1. The first-order valence-electron chi connectivity index (χ1n) is 16.8. The Morgan fingerprint density at radius 3 is 2.13 bits per heavy atom. The Labute approximate surface area is 300 Å². The van der Waals surface area contributed by atoms with Crippen molar-refractivity contribution in [2.75, 3.05) is 51.4 Å². The quantitative estimate of drug-likeness (QED) is 0.0560. The number of imidazole rings is 1. The topological polar surface area (TPSA) is 288 Å². The molecule has 1 aliphatic rings. The van der Waals surface area contributed by atoms with Gasteiger partial charge in [0.15, 0.2) is 17.0 Å². The summed E-state index contributed by atoms with van der Waals surface area (Å²) in [5, 5.41) is 19.1. The monoisotopic (exact) mass is 777 g/mol. The third kappa shape index (κ3) is 11.1. The normalized spacial score (nSPS) is 20.0. The van der Waals surface area contributed by atoms with Crippen LogP contribution in [0.25, 0.3) is 11.2 Å². The summed E-state index contributed by atoms with van der Waals surface area (Å²) in [5.74, 6) is -4.52. The number of hydrogen-bond acceptors (Lipinski definition) is 15. The number of hydrogen-bond donors (Lipinski definition) is 6. The predicted molar refractivity (Wildman–Crippen MR) is 188 cm³/mol. The average Bonchev–Trinajstić information content (AvgIpc) is 3.70. The highest BCUT2D eigenvalue weighted by molar-refractivity contribution is 7.60. The van der Waals surface area contributed by atoms with Crippen molar-refractivity contribution in [2.24, 2.45) is 0 Å². The second-order valence-corrected chi connectivity index (χ2v) is 16.0. The summed E-state index contributed by atoms with van der Waals surface area (Å²) in [6.45, 7) is 8.63. The lowest BCUT2D eigenvalue weighted by Crippen LogP contribution is -2.46. The van der Waals surface area contributed by atoms with E-state index in [0.29, 0.717) is 0 Å². The zero-order valence-electron chi connectivity index (χ0n) is 29.9. The minimum absolute atomic E-state index is 0.000966. The van der Waals surface area contributed by atoms with Gasteiger partial charge in [-0.3, -0.25) is 38.6 Å². The minimum Gasteiger partial charge on any atom is -0.465 e. The Hall–Kier alpha value is -3.71. The number of nitrogens with zero attached hydrogens (tertiary/aromatic N) is 4. The number of aliphatic hydroxyl groups is 1. The number of fused-ring (bicyclic) bond motifs is 1. The molecule has 1 amide bonds. The molecule has 0 bridgehead atoms. The smallest absolute Gasteiger partial charge is 0.323 e. The molecule has 21 nitrogen and oxygen atoms in total. The van der Waals surface area contributed by atoms with Crippen LogP contribution in [0.15, 0.2) is 11.1 Å². The lowest BCUT2D eigenvalue weighted by molar-refractivity contribution is -0.145. The van der Waals surface area contributed by atoms with Crippen LogP contribution in [0.3, 0.4) is 0 Å². The third-order valence-electron chi connectivity index (χ3n) is 7.91. The number of anilines is 1. The molecule has 3 rings (SSSR count). The number of ether oxygens (including phenoxy) is 4. The molecule has 52 heavy (non-hydrogen) atoms. The summed E-state index contributed by atoms with van der Waals surface area (Å²) in [6, 6.07) is -3.95. The standard InChI is InChI=1S/C29H49N9O12P2/c1-7-47-26(42)16(4)34-51(45)11-10-21(39)37-12-19(38-15-31-23-24(38)32-29(30)33-25(23)41)20(13-37)50-14-22(40)52(46,35-17(5)27(43)48-8-2)36-18(6)28(44)49-9-3/h15-20,22,40,51H,7-14H2,1-6H3,(H,34,45)(H2,35,36,46)(H3,30,32,33,41)/t16?,17?,18?,19?,20-,22+,52?/m1/s1. The lowest BCUT2D eigenvalue weighted by Gasteiger charge is -2.30. The van der Waals surface area contributed by atoms with E-state index >= 15 is 0 Å². The molecule has 7 atom stereocenters. The van der Waals surface area contributed by atoms with Crippen molar-refractivity contribution < 1.29 is 52.4 Å². The highest BCUT2D eigenvalue weighted by Crippen LogP contribution is 2.43. The number of likely N-dealkylation sites (tertiary alicyclic amines) is 1. The maximum Gasteiger partial charge on any atom is 0.323 e. The van der Waals surface area contributed by atoms with Crippen molar-refractivity contribution in [3.63, 3.8) is 0 Å². The number of amides is 1. The van der Waals surface area contributed by atoms with Crippen LogP contribution >= 0.6 is 15.4 Å². The number of H-pyrrole nitrogens is 1. The van der Waals surface area contributed by atoms with Crippen molar-refractivity contribution in [1.82, 2.24) is 39.7 Å². The van der Waals surface area contributed by atoms with Gasteiger partial charge in [-0.15, -0.1) is 0 Å². The van der Waals surface area contributed by atoms with Gasteiger partial charge in [0.2, 0.25) is 19.3 Å². The van der Waals surface area contributed by atoms with Crippen LogP contribution in [0.1, 0.15) is 54.0 Å². The number of carbonyl (C=O) groups is 4. The number of carbonyl (C=O) groups excluding carboxylic acids is 4. The van der Waals surface area contributed by atoms with E-state index in [2.05, 4.69) is 30.2 Å². The highest BCUT2D eigenvalue weighted by atomic mass is 31.2. The molecule has 1 saturated heterocycles. The first-order chi connectivity index (χ1) is 24.5. The molecule has 0 radical (unpaired) electrons. The molecule has 292 valence electrons. The molecule has 3 heterocycles. The van der Waals surface area contributed by atoms with Gasteiger partial charge in [-0.2, -0.15) is 4.98 Å². The van der Waals surface area contributed by atoms with E-state index in [1.165, 1.54) is 36.6 Å². The maximum absolute atomic E-state index is 14.2. The summed E-state index contributed by atoms with van der Waals surface area (Å²) in [7, 11) is -6.82. The SMILES string of the molecule is CCOC(=O)C(C)N[PH](=O)CCC(=O)N1CC(n2cnc3c(=O)[nH]c(N)nc32)[C@H](OC[C@@H](O)P(=O)(NC(C)C(=O)OCC)NC(C)C(=O)OCC)C1. The third-order valence-corrected chi connectivity index (χ3v) is 11.9. The van der Waals surface area contributed by atoms with E-state index in [9.17, 15) is 38.2 Å². The first kappa shape index (κ1) is 42.7. The molecule has 1 fully saturated rings. The molecular weight excluding hydrogens is 728 g/mol. The lowest BCUT2D eigenvalue weighted by atomic mass is 10.2. The van der Waals surface area contributed by atoms with Crippen LogP contribution in [-0.4, -0.2) is 129 Å². The van der Waals surface area contributed by atoms with Gasteiger partial charge in [0.1, 0.15) is 26.1 Å². The van der Waals surface area contributed by atoms with Crippen LogP contribution in [0.4, 0.5) is 5.95 Å². The number of nitrogen functional groups attached to an aromatic ring is 1. The molecular formula is C29H49N9O12P2. The number of aromatic amines is 1. The van der Waals surface area contributed by atoms with Gasteiger partial charge in [0.25, 0.3) is 5.56 Å². The highest BCUT2D eigenvalue weighted by Gasteiger charge is 2.42. The summed E-state index contributed by atoms with van der Waals surface area (Å²) in [4.78, 5) is 74.7. The van der Waals surface area contributed by atoms with E-state index in [0.717, 1.165) is 0 Å². The van der Waals surface area contributed by atoms with Gasteiger partial charge < -0.3 is 43.8 Å². The Bertz CT molecular complexity index is 1680. The van der Waals surface area contributed by atoms with E-state index in [1.54, 1.807) is 20.8 Å². The van der Waals surface area contributed by atoms with E-state index in [-0.39, 0.29) is 62.6 Å². The summed E-state index contributed by atoms with van der Waals surface area (Å²) >= 11 is 0. The molecule has 2 aromatic heterocycles. The number of aromatic nitrogens is 4. The molecule has 5 unspecified atom stereocenters. The molecule has 0 aliphatic carbocycles. The van der Waals surface area contributed by atoms with Crippen LogP contribution in [0.2, 0.25) is 0 Å². The predicted octanol–water partition coefficient (Wildman–Crippen LogP) is -0.530. The molecule has 2 aromatic rings. The largest absolute Gasteiger partial charge is 0.465 e. The van der Waals surface area contributed by atoms with E-state index in [4.69, 9.17) is 24.7 Å². The molecule has 0 saturated carbocycles. The minimum atomic E-state index is -4.26. The fourth-order valence-electron chi connectivity index (χ4n) is 5.33. The van der Waals surface area contributed by atoms with Gasteiger partial charge >= 0.3 is 17.9 Å². The molecule has 1 aliphatic heterocycles. The zero-order chi connectivity index (χ0) is 38.7. The Morgan fingerprint density at radius 2 is 1.58 bits per heavy atom. The van der Waals surface area contributed by atoms with E-state index in [1.807, 2.05) is 0 Å². The Kier molecular flexibility index (Phi) is 15.9. The second kappa shape index (κ2) is 19.4. The zero-order valence-corrected chi connectivity index (χ0v) is 31.8. The molecule has 7 N–H and O–H groups in total. The molecule has 0 spiro atoms. The van der Waals surface area contributed by atoms with Crippen LogP contribution in [-0.2, 0) is 47.3 Å². The van der Waals surface area contributed by atoms with E-state index < -0.39 is 87.5 Å². The summed E-state index contributed by atoms with van der Waals surface area (Å²) in [5.41, 5.74) is 5.26. The van der Waals surface area contributed by atoms with Gasteiger partial charge in [-0.05, 0) is 41.5 Å². The molecule has 23 heteroatoms. The number of aliphatic hydroxyl groups excluding tert-OH is 1. The average molecular weight is 778 g/mol. The molecule has 0 aromatic carbocycles. The number of nitrogens with one attached hydrogen (secondary N) is 4. The van der Waals surface area contributed by atoms with Crippen LogP contribution in [0, 0.1) is 0 Å². The van der Waals surface area contributed by atoms with Gasteiger partial charge in [-0.25, -0.2) is 15.2 Å². The Morgan fingerprint density at radius 1 is 1.02 bits per heavy atom. The van der Waals surface area contributed by atoms with Crippen LogP contribution in [0.5, 0.6) is 0 Å². The second-order valence-electron chi connectivity index (χ2n) is 11.9. The van der Waals surface area contributed by atoms with Crippen molar-refractivity contribution in [1.29, 1.82) is 0 Å². The fourth-order valence-corrected chi connectivity index (χ4v) is 8.60. The number of rotatable bonds is 20. The van der Waals surface area contributed by atoms with Crippen molar-refractivity contribution >= 4 is 56.3 Å². The van der Waals surface area contributed by atoms with Gasteiger partial charge in [0.05, 0.1) is 44.9 Å². The maximum atomic E-state index is 14.2. The van der Waals surface area contributed by atoms with Crippen molar-refractivity contribution in [2.45, 2.75) is 84.1 Å². The summed E-state index contributed by atoms with van der Waals surface area (Å²) < 4.78 is 49.4. The van der Waals surface area contributed by atoms with Crippen molar-refractivity contribution in [3.05, 3.63) is 16.7 Å². The van der Waals surface area contributed by atoms with Crippen LogP contribution < -0.4 is 26.6 Å². The number of esters is 3. The van der Waals surface area contributed by atoms with Gasteiger partial charge in [-0.1, -0.05) is 0 Å². The van der Waals surface area contributed by atoms with Crippen molar-refractivity contribution in [3.8, 4) is 0 Å². The fraction of sp³-hybridized carbons (Fsp3) is 0.690. The Balaban J connectivity index is 1.85. The van der Waals surface area contributed by atoms with Gasteiger partial charge in [0, 0.05) is 25.7 Å². The first-order valence-corrected chi connectivity index (χ1v) is 20.2.